The molecule has 1 aromatic rings. The molecule has 0 bridgehead atoms. The predicted molar refractivity (Wildman–Crippen MR) is 63.8 cm³/mol. The lowest BCUT2D eigenvalue weighted by molar-refractivity contribution is 0.0207. The zero-order valence-electron chi connectivity index (χ0n) is 8.78. The third-order valence-electron chi connectivity index (χ3n) is 2.06. The average Bonchev–Trinajstić information content (AvgIpc) is 2.26. The Morgan fingerprint density at radius 2 is 1.93 bits per heavy atom. The molecule has 0 radical (unpaired) electrons. The van der Waals surface area contributed by atoms with Crippen LogP contribution >= 0.6 is 15.9 Å². The Kier molecular flexibility index (Phi) is 5.86. The van der Waals surface area contributed by atoms with Gasteiger partial charge in [-0.2, -0.15) is 0 Å². The normalized spacial score (nSPS) is 12.7. The van der Waals surface area contributed by atoms with Gasteiger partial charge in [-0.15, -0.1) is 0 Å². The molecule has 0 aliphatic carbocycles. The molecule has 0 heterocycles. The summed E-state index contributed by atoms with van der Waals surface area (Å²) < 4.78 is 11.6. The number of benzene rings is 1. The second kappa shape index (κ2) is 6.95. The predicted octanol–water partition coefficient (Wildman–Crippen LogP) is 2.11. The summed E-state index contributed by atoms with van der Waals surface area (Å²) in [6.07, 6.45) is -0.0479. The fourth-order valence-electron chi connectivity index (χ4n) is 1.25. The van der Waals surface area contributed by atoms with Crippen molar-refractivity contribution in [1.82, 2.24) is 0 Å². The van der Waals surface area contributed by atoms with Gasteiger partial charge in [0.2, 0.25) is 0 Å². The molecule has 1 aromatic carbocycles. The summed E-state index contributed by atoms with van der Waals surface area (Å²) in [5, 5.41) is 0. The molecule has 1 unspecified atom stereocenters. The van der Waals surface area contributed by atoms with E-state index in [9.17, 15) is 0 Å². The Morgan fingerprint density at radius 3 is 2.47 bits per heavy atom. The van der Waals surface area contributed by atoms with E-state index in [1.165, 1.54) is 0 Å². The number of methoxy groups -OCH3 is 1. The molecule has 1 rings (SSSR count). The minimum Gasteiger partial charge on any atom is -0.382 e. The topological polar surface area (TPSA) is 44.5 Å². The van der Waals surface area contributed by atoms with Crippen molar-refractivity contribution in [3.8, 4) is 0 Å². The summed E-state index contributed by atoms with van der Waals surface area (Å²) in [5.74, 6) is 0. The third-order valence-corrected chi connectivity index (χ3v) is 2.59. The molecule has 2 N–H and O–H groups in total. The van der Waals surface area contributed by atoms with Crippen molar-refractivity contribution in [2.24, 2.45) is 5.73 Å². The summed E-state index contributed by atoms with van der Waals surface area (Å²) in [4.78, 5) is 0. The van der Waals surface area contributed by atoms with Crippen LogP contribution in [0.15, 0.2) is 28.7 Å². The number of rotatable bonds is 6. The maximum Gasteiger partial charge on any atom is 0.0948 e. The highest BCUT2D eigenvalue weighted by Gasteiger charge is 2.09. The highest BCUT2D eigenvalue weighted by Crippen LogP contribution is 2.18. The first-order valence-corrected chi connectivity index (χ1v) is 5.63. The summed E-state index contributed by atoms with van der Waals surface area (Å²) in [7, 11) is 1.65. The average molecular weight is 274 g/mol. The number of halogens is 1. The van der Waals surface area contributed by atoms with Gasteiger partial charge in [0.25, 0.3) is 0 Å². The van der Waals surface area contributed by atoms with Gasteiger partial charge in [0.05, 0.1) is 19.3 Å². The van der Waals surface area contributed by atoms with Crippen LogP contribution < -0.4 is 5.73 Å². The van der Waals surface area contributed by atoms with Gasteiger partial charge < -0.3 is 15.2 Å². The number of hydrogen-bond acceptors (Lipinski definition) is 3. The molecule has 0 saturated heterocycles. The van der Waals surface area contributed by atoms with Gasteiger partial charge in [-0.05, 0) is 17.7 Å². The van der Waals surface area contributed by atoms with Gasteiger partial charge in [-0.25, -0.2) is 0 Å². The molecule has 0 aliphatic rings. The first kappa shape index (κ1) is 12.6. The Morgan fingerprint density at radius 1 is 1.27 bits per heavy atom. The van der Waals surface area contributed by atoms with Crippen molar-refractivity contribution in [1.29, 1.82) is 0 Å². The Bertz CT molecular complexity index is 276. The van der Waals surface area contributed by atoms with Gasteiger partial charge in [0, 0.05) is 18.1 Å². The van der Waals surface area contributed by atoms with E-state index in [1.54, 1.807) is 7.11 Å². The molecule has 0 aliphatic heterocycles. The van der Waals surface area contributed by atoms with Crippen molar-refractivity contribution in [3.63, 3.8) is 0 Å². The quantitative estimate of drug-likeness (QED) is 0.808. The molecule has 0 aromatic heterocycles. The fraction of sp³-hybridized carbons (Fsp3) is 0.455. The maximum atomic E-state index is 5.65. The Balaban J connectivity index is 2.53. The molecule has 3 nitrogen and oxygen atoms in total. The van der Waals surface area contributed by atoms with E-state index in [4.69, 9.17) is 15.2 Å². The second-order valence-electron chi connectivity index (χ2n) is 3.14. The fourth-order valence-corrected chi connectivity index (χ4v) is 1.52. The summed E-state index contributed by atoms with van der Waals surface area (Å²) in [6, 6.07) is 7.98. The van der Waals surface area contributed by atoms with Crippen molar-refractivity contribution in [2.75, 3.05) is 26.9 Å². The van der Waals surface area contributed by atoms with E-state index < -0.39 is 0 Å². The first-order valence-electron chi connectivity index (χ1n) is 4.84. The van der Waals surface area contributed by atoms with Crippen LogP contribution in [0.25, 0.3) is 0 Å². The summed E-state index contributed by atoms with van der Waals surface area (Å²) in [5.41, 5.74) is 6.74. The molecule has 84 valence electrons. The van der Waals surface area contributed by atoms with Crippen LogP contribution in [0, 0.1) is 0 Å². The lowest BCUT2D eigenvalue weighted by atomic mass is 10.1. The van der Waals surface area contributed by atoms with Crippen LogP contribution in [-0.2, 0) is 9.47 Å². The number of ether oxygens (including phenoxy) is 2. The van der Waals surface area contributed by atoms with Crippen LogP contribution in [0.2, 0.25) is 0 Å². The minimum absolute atomic E-state index is 0.0479. The summed E-state index contributed by atoms with van der Waals surface area (Å²) in [6.45, 7) is 1.63. The highest BCUT2D eigenvalue weighted by atomic mass is 79.9. The van der Waals surface area contributed by atoms with Crippen molar-refractivity contribution in [2.45, 2.75) is 6.10 Å². The van der Waals surface area contributed by atoms with Crippen molar-refractivity contribution >= 4 is 15.9 Å². The van der Waals surface area contributed by atoms with E-state index in [-0.39, 0.29) is 6.10 Å². The maximum absolute atomic E-state index is 5.65. The molecule has 0 fully saturated rings. The largest absolute Gasteiger partial charge is 0.382 e. The van der Waals surface area contributed by atoms with Crippen LogP contribution in [0.4, 0.5) is 0 Å². The van der Waals surface area contributed by atoms with E-state index in [1.807, 2.05) is 24.3 Å². The van der Waals surface area contributed by atoms with E-state index in [0.29, 0.717) is 19.8 Å². The molecular weight excluding hydrogens is 258 g/mol. The zero-order valence-corrected chi connectivity index (χ0v) is 10.4. The molecule has 1 atom stereocenters. The van der Waals surface area contributed by atoms with Gasteiger partial charge in [-0.1, -0.05) is 28.1 Å². The molecular formula is C11H16BrNO2. The SMILES string of the molecule is COCCOC(CN)c1ccc(Br)cc1. The molecule has 15 heavy (non-hydrogen) atoms. The van der Waals surface area contributed by atoms with Gasteiger partial charge in [0.15, 0.2) is 0 Å². The lowest BCUT2D eigenvalue weighted by Gasteiger charge is -2.16. The second-order valence-corrected chi connectivity index (χ2v) is 4.06. The molecule has 0 saturated carbocycles. The van der Waals surface area contributed by atoms with Gasteiger partial charge in [-0.3, -0.25) is 0 Å². The highest BCUT2D eigenvalue weighted by molar-refractivity contribution is 9.10. The Labute approximate surface area is 98.7 Å². The number of hydrogen-bond donors (Lipinski definition) is 1. The minimum atomic E-state index is -0.0479. The van der Waals surface area contributed by atoms with Crippen molar-refractivity contribution in [3.05, 3.63) is 34.3 Å². The van der Waals surface area contributed by atoms with Crippen LogP contribution in [0.1, 0.15) is 11.7 Å². The zero-order chi connectivity index (χ0) is 11.1. The standard InChI is InChI=1S/C11H16BrNO2/c1-14-6-7-15-11(8-13)9-2-4-10(12)5-3-9/h2-5,11H,6-8,13H2,1H3. The van der Waals surface area contributed by atoms with Crippen molar-refractivity contribution < 1.29 is 9.47 Å². The van der Waals surface area contributed by atoms with Crippen LogP contribution in [-0.4, -0.2) is 26.9 Å². The molecule has 4 heteroatoms. The third kappa shape index (κ3) is 4.30. The smallest absolute Gasteiger partial charge is 0.0948 e. The first-order chi connectivity index (χ1) is 7.27. The summed E-state index contributed by atoms with van der Waals surface area (Å²) >= 11 is 3.39. The molecule has 0 amide bonds. The van der Waals surface area contributed by atoms with Gasteiger partial charge >= 0.3 is 0 Å². The van der Waals surface area contributed by atoms with E-state index in [2.05, 4.69) is 15.9 Å². The van der Waals surface area contributed by atoms with E-state index >= 15 is 0 Å². The Hall–Kier alpha value is -0.420. The lowest BCUT2D eigenvalue weighted by Crippen LogP contribution is -2.17. The van der Waals surface area contributed by atoms with Crippen LogP contribution in [0.3, 0.4) is 0 Å². The number of nitrogens with two attached hydrogens (primary N) is 1. The monoisotopic (exact) mass is 273 g/mol. The molecule has 0 spiro atoms. The van der Waals surface area contributed by atoms with E-state index in [0.717, 1.165) is 10.0 Å². The van der Waals surface area contributed by atoms with Crippen LogP contribution in [0.5, 0.6) is 0 Å². The van der Waals surface area contributed by atoms with Gasteiger partial charge in [0.1, 0.15) is 0 Å².